The van der Waals surface area contributed by atoms with Gasteiger partial charge < -0.3 is 14.4 Å². The Kier molecular flexibility index (Phi) is 4.42. The summed E-state index contributed by atoms with van der Waals surface area (Å²) in [5.41, 5.74) is 4.00. The van der Waals surface area contributed by atoms with Gasteiger partial charge in [0.2, 0.25) is 11.8 Å². The van der Waals surface area contributed by atoms with Crippen LogP contribution in [0.4, 0.5) is 0 Å². The van der Waals surface area contributed by atoms with E-state index in [1.54, 1.807) is 4.57 Å². The van der Waals surface area contributed by atoms with Gasteiger partial charge in [-0.1, -0.05) is 24.3 Å². The predicted molar refractivity (Wildman–Crippen MR) is 110 cm³/mol. The third kappa shape index (κ3) is 3.33. The fraction of sp³-hybridized carbons (Fsp3) is 0.318. The maximum Gasteiger partial charge on any atom is 0.230 e. The van der Waals surface area contributed by atoms with Gasteiger partial charge in [-0.25, -0.2) is 9.97 Å². The Labute approximate surface area is 168 Å². The first-order chi connectivity index (χ1) is 14.2. The van der Waals surface area contributed by atoms with E-state index in [-0.39, 0.29) is 12.0 Å². The second-order valence-electron chi connectivity index (χ2n) is 7.47. The smallest absolute Gasteiger partial charge is 0.230 e. The summed E-state index contributed by atoms with van der Waals surface area (Å²) in [6.45, 7) is 3.47. The van der Waals surface area contributed by atoms with Crippen LogP contribution in [0.1, 0.15) is 31.7 Å². The molecule has 7 heteroatoms. The van der Waals surface area contributed by atoms with E-state index in [1.165, 1.54) is 12.7 Å². The van der Waals surface area contributed by atoms with Gasteiger partial charge in [-0.3, -0.25) is 4.68 Å². The summed E-state index contributed by atoms with van der Waals surface area (Å²) >= 11 is 0. The summed E-state index contributed by atoms with van der Waals surface area (Å²) in [6.07, 6.45) is 10.7. The normalized spacial score (nSPS) is 14.2. The summed E-state index contributed by atoms with van der Waals surface area (Å²) in [5, 5.41) is 15.7. The molecule has 3 heterocycles. The van der Waals surface area contributed by atoms with Gasteiger partial charge in [0.05, 0.1) is 18.3 Å². The van der Waals surface area contributed by atoms with Gasteiger partial charge in [0.25, 0.3) is 0 Å². The first-order valence-electron chi connectivity index (χ1n) is 10.0. The number of aromatic nitrogens is 5. The molecule has 0 amide bonds. The molecule has 0 unspecified atom stereocenters. The number of ether oxygens (including phenoxy) is 1. The highest BCUT2D eigenvalue weighted by Gasteiger charge is 2.23. The van der Waals surface area contributed by atoms with Gasteiger partial charge in [0, 0.05) is 24.5 Å². The van der Waals surface area contributed by atoms with Gasteiger partial charge in [-0.05, 0) is 37.3 Å². The van der Waals surface area contributed by atoms with E-state index in [1.807, 2.05) is 23.3 Å². The van der Waals surface area contributed by atoms with Crippen molar-refractivity contribution in [1.29, 1.82) is 0 Å². The van der Waals surface area contributed by atoms with Gasteiger partial charge >= 0.3 is 0 Å². The number of hydrogen-bond acceptors (Lipinski definition) is 5. The standard InChI is InChI=1S/C22H23N5O2/c1-2-27-12-17(10-25-27)16-8-6-15(7-9-16)11-26-13-19-20(22(26)28)21(24-14-23-19)29-18-4-3-5-18/h6-10,12-14,18,28H,2-5,11H2,1H3. The lowest BCUT2D eigenvalue weighted by Gasteiger charge is -2.25. The molecule has 0 atom stereocenters. The molecule has 1 aromatic carbocycles. The Morgan fingerprint density at radius 2 is 1.93 bits per heavy atom. The van der Waals surface area contributed by atoms with Crippen LogP contribution in [0.25, 0.3) is 22.0 Å². The van der Waals surface area contributed by atoms with E-state index in [2.05, 4.69) is 46.3 Å². The lowest BCUT2D eigenvalue weighted by molar-refractivity contribution is 0.116. The van der Waals surface area contributed by atoms with Crippen LogP contribution in [0.5, 0.6) is 11.8 Å². The Balaban J connectivity index is 1.39. The summed E-state index contributed by atoms with van der Waals surface area (Å²) < 4.78 is 9.65. The Morgan fingerprint density at radius 1 is 1.10 bits per heavy atom. The van der Waals surface area contributed by atoms with Crippen LogP contribution in [0.3, 0.4) is 0 Å². The van der Waals surface area contributed by atoms with Gasteiger partial charge in [0.15, 0.2) is 0 Å². The monoisotopic (exact) mass is 389 g/mol. The van der Waals surface area contributed by atoms with Crippen molar-refractivity contribution >= 4 is 10.9 Å². The molecule has 7 nitrogen and oxygen atoms in total. The minimum absolute atomic E-state index is 0.142. The highest BCUT2D eigenvalue weighted by atomic mass is 16.5. The van der Waals surface area contributed by atoms with Crippen molar-refractivity contribution in [3.8, 4) is 22.9 Å². The van der Waals surface area contributed by atoms with Crippen molar-refractivity contribution < 1.29 is 9.84 Å². The Bertz CT molecular complexity index is 1140. The SMILES string of the molecule is CCn1cc(-c2ccc(Cn3cc4ncnc(OC5CCC5)c4c3O)cc2)cn1. The van der Waals surface area contributed by atoms with E-state index in [4.69, 9.17) is 4.74 Å². The molecule has 0 radical (unpaired) electrons. The summed E-state index contributed by atoms with van der Waals surface area (Å²) in [7, 11) is 0. The fourth-order valence-corrected chi connectivity index (χ4v) is 3.58. The van der Waals surface area contributed by atoms with Crippen LogP contribution in [-0.4, -0.2) is 35.5 Å². The van der Waals surface area contributed by atoms with E-state index >= 15 is 0 Å². The molecule has 4 aromatic rings. The third-order valence-corrected chi connectivity index (χ3v) is 5.54. The maximum absolute atomic E-state index is 10.8. The Morgan fingerprint density at radius 3 is 2.62 bits per heavy atom. The van der Waals surface area contributed by atoms with E-state index < -0.39 is 0 Å². The molecule has 1 aliphatic carbocycles. The number of aromatic hydroxyl groups is 1. The van der Waals surface area contributed by atoms with Crippen LogP contribution >= 0.6 is 0 Å². The molecule has 3 aromatic heterocycles. The van der Waals surface area contributed by atoms with Crippen LogP contribution in [0.15, 0.2) is 49.2 Å². The zero-order chi connectivity index (χ0) is 19.8. The minimum Gasteiger partial charge on any atom is -0.494 e. The van der Waals surface area contributed by atoms with Crippen LogP contribution in [0.2, 0.25) is 0 Å². The molecule has 1 fully saturated rings. The average molecular weight is 389 g/mol. The second-order valence-corrected chi connectivity index (χ2v) is 7.47. The zero-order valence-electron chi connectivity index (χ0n) is 16.3. The van der Waals surface area contributed by atoms with Crippen molar-refractivity contribution in [2.45, 2.75) is 45.4 Å². The van der Waals surface area contributed by atoms with Crippen LogP contribution in [-0.2, 0) is 13.1 Å². The van der Waals surface area contributed by atoms with Crippen molar-refractivity contribution in [3.63, 3.8) is 0 Å². The van der Waals surface area contributed by atoms with E-state index in [0.29, 0.717) is 23.3 Å². The number of rotatable bonds is 6. The number of benzene rings is 1. The zero-order valence-corrected chi connectivity index (χ0v) is 16.3. The van der Waals surface area contributed by atoms with Crippen LogP contribution in [0, 0.1) is 0 Å². The molecule has 0 bridgehead atoms. The van der Waals surface area contributed by atoms with Crippen molar-refractivity contribution in [2.24, 2.45) is 0 Å². The molecule has 0 spiro atoms. The largest absolute Gasteiger partial charge is 0.494 e. The first-order valence-corrected chi connectivity index (χ1v) is 10.0. The third-order valence-electron chi connectivity index (χ3n) is 5.54. The molecule has 5 rings (SSSR count). The molecule has 29 heavy (non-hydrogen) atoms. The second kappa shape index (κ2) is 7.24. The predicted octanol–water partition coefficient (Wildman–Crippen LogP) is 4.00. The lowest BCUT2D eigenvalue weighted by atomic mass is 9.96. The van der Waals surface area contributed by atoms with Gasteiger partial charge in [0.1, 0.15) is 17.8 Å². The van der Waals surface area contributed by atoms with Crippen molar-refractivity contribution in [1.82, 2.24) is 24.3 Å². The molecule has 1 aliphatic rings. The van der Waals surface area contributed by atoms with Crippen molar-refractivity contribution in [3.05, 3.63) is 54.7 Å². The topological polar surface area (TPSA) is 78.0 Å². The number of hydrogen-bond donors (Lipinski definition) is 1. The van der Waals surface area contributed by atoms with E-state index in [0.717, 1.165) is 36.1 Å². The molecular formula is C22H23N5O2. The average Bonchev–Trinajstić information content (AvgIpc) is 3.31. The fourth-order valence-electron chi connectivity index (χ4n) is 3.58. The molecule has 1 saturated carbocycles. The highest BCUT2D eigenvalue weighted by molar-refractivity contribution is 5.89. The number of fused-ring (bicyclic) bond motifs is 1. The number of aryl methyl sites for hydroxylation is 1. The summed E-state index contributed by atoms with van der Waals surface area (Å²) in [4.78, 5) is 8.55. The maximum atomic E-state index is 10.8. The molecule has 1 N–H and O–H groups in total. The summed E-state index contributed by atoms with van der Waals surface area (Å²) in [5.74, 6) is 0.613. The molecule has 0 aliphatic heterocycles. The molecule has 148 valence electrons. The van der Waals surface area contributed by atoms with E-state index in [9.17, 15) is 5.11 Å². The lowest BCUT2D eigenvalue weighted by Crippen LogP contribution is -2.25. The summed E-state index contributed by atoms with van der Waals surface area (Å²) in [6, 6.07) is 8.30. The number of nitrogens with zero attached hydrogens (tertiary/aromatic N) is 5. The van der Waals surface area contributed by atoms with Crippen LogP contribution < -0.4 is 4.74 Å². The Hall–Kier alpha value is -3.35. The van der Waals surface area contributed by atoms with Crippen molar-refractivity contribution in [2.75, 3.05) is 0 Å². The molecule has 0 saturated heterocycles. The first kappa shape index (κ1) is 17.7. The quantitative estimate of drug-likeness (QED) is 0.539. The minimum atomic E-state index is 0.142. The van der Waals surface area contributed by atoms with Gasteiger partial charge in [-0.2, -0.15) is 5.10 Å². The van der Waals surface area contributed by atoms with Gasteiger partial charge in [-0.15, -0.1) is 0 Å². The highest BCUT2D eigenvalue weighted by Crippen LogP contribution is 2.35. The molecular weight excluding hydrogens is 366 g/mol.